The van der Waals surface area contributed by atoms with Crippen LogP contribution in [-0.2, 0) is 17.9 Å². The molecule has 1 aliphatic carbocycles. The van der Waals surface area contributed by atoms with Crippen molar-refractivity contribution < 1.29 is 14.0 Å². The highest BCUT2D eigenvalue weighted by Gasteiger charge is 2.29. The quantitative estimate of drug-likeness (QED) is 0.237. The molecule has 1 aliphatic rings. The molecular formula is C33H42FN3O2. The van der Waals surface area contributed by atoms with Gasteiger partial charge in [0, 0.05) is 36.6 Å². The average molecular weight is 532 g/mol. The number of carbonyl (C=O) groups excluding carboxylic acids is 2. The third-order valence-corrected chi connectivity index (χ3v) is 7.80. The predicted molar refractivity (Wildman–Crippen MR) is 154 cm³/mol. The van der Waals surface area contributed by atoms with Crippen LogP contribution in [0.15, 0.2) is 66.9 Å². The molecule has 0 aliphatic heterocycles. The van der Waals surface area contributed by atoms with Crippen molar-refractivity contribution in [3.63, 3.8) is 0 Å². The standard InChI is InChI=1S/C33H42FN3O2/c1-3-4-8-21-36(33(39)28-17-13-26(2)14-18-28)25-32(38)37(30-10-6-5-7-11-30)24-31-12-9-22-35(31)23-27-15-19-29(34)20-16-27/h9,12-20,22,30H,3-8,10-11,21,23-25H2,1-2H3. The Balaban J connectivity index is 1.54. The van der Waals surface area contributed by atoms with Crippen molar-refractivity contribution in [1.29, 1.82) is 0 Å². The van der Waals surface area contributed by atoms with Crippen molar-refractivity contribution in [2.45, 2.75) is 84.3 Å². The van der Waals surface area contributed by atoms with Crippen LogP contribution < -0.4 is 0 Å². The summed E-state index contributed by atoms with van der Waals surface area (Å²) >= 11 is 0. The lowest BCUT2D eigenvalue weighted by Crippen LogP contribution is -2.47. The maximum Gasteiger partial charge on any atom is 0.254 e. The van der Waals surface area contributed by atoms with E-state index in [0.29, 0.717) is 25.2 Å². The molecule has 1 fully saturated rings. The Kier molecular flexibility index (Phi) is 10.3. The Morgan fingerprint density at radius 3 is 2.36 bits per heavy atom. The summed E-state index contributed by atoms with van der Waals surface area (Å²) in [4.78, 5) is 31.3. The van der Waals surface area contributed by atoms with Gasteiger partial charge in [-0.15, -0.1) is 0 Å². The van der Waals surface area contributed by atoms with E-state index in [1.807, 2.05) is 48.4 Å². The minimum atomic E-state index is -0.246. The van der Waals surface area contributed by atoms with Crippen LogP contribution in [0.1, 0.15) is 85.5 Å². The fourth-order valence-electron chi connectivity index (χ4n) is 5.46. The van der Waals surface area contributed by atoms with Gasteiger partial charge in [0.25, 0.3) is 5.91 Å². The molecule has 208 valence electrons. The smallest absolute Gasteiger partial charge is 0.254 e. The molecule has 0 radical (unpaired) electrons. The number of nitrogens with zero attached hydrogens (tertiary/aromatic N) is 3. The Labute approximate surface area is 232 Å². The molecule has 4 rings (SSSR count). The highest BCUT2D eigenvalue weighted by molar-refractivity contribution is 5.96. The minimum Gasteiger partial charge on any atom is -0.345 e. The van der Waals surface area contributed by atoms with E-state index < -0.39 is 0 Å². The van der Waals surface area contributed by atoms with Crippen molar-refractivity contribution >= 4 is 11.8 Å². The lowest BCUT2D eigenvalue weighted by atomic mass is 9.94. The number of halogens is 1. The number of aromatic nitrogens is 1. The maximum absolute atomic E-state index is 14.0. The van der Waals surface area contributed by atoms with Gasteiger partial charge in [0.05, 0.1) is 6.54 Å². The van der Waals surface area contributed by atoms with E-state index in [1.165, 1.54) is 18.6 Å². The second kappa shape index (κ2) is 14.1. The van der Waals surface area contributed by atoms with Crippen LogP contribution >= 0.6 is 0 Å². The molecule has 0 bridgehead atoms. The zero-order chi connectivity index (χ0) is 27.6. The molecule has 0 saturated heterocycles. The molecule has 0 unspecified atom stereocenters. The summed E-state index contributed by atoms with van der Waals surface area (Å²) in [6.45, 7) is 5.93. The number of hydrogen-bond acceptors (Lipinski definition) is 2. The second-order valence-electron chi connectivity index (χ2n) is 10.9. The van der Waals surface area contributed by atoms with Gasteiger partial charge in [0.1, 0.15) is 12.4 Å². The third kappa shape index (κ3) is 8.04. The Bertz CT molecular complexity index is 1200. The van der Waals surface area contributed by atoms with Crippen molar-refractivity contribution in [2.75, 3.05) is 13.1 Å². The van der Waals surface area contributed by atoms with Crippen LogP contribution in [0.25, 0.3) is 0 Å². The molecule has 2 amide bonds. The van der Waals surface area contributed by atoms with E-state index in [9.17, 15) is 14.0 Å². The zero-order valence-electron chi connectivity index (χ0n) is 23.4. The van der Waals surface area contributed by atoms with Gasteiger partial charge < -0.3 is 14.4 Å². The molecule has 39 heavy (non-hydrogen) atoms. The van der Waals surface area contributed by atoms with Crippen LogP contribution in [0, 0.1) is 12.7 Å². The first-order valence-electron chi connectivity index (χ1n) is 14.5. The fraction of sp³-hybridized carbons (Fsp3) is 0.455. The molecule has 3 aromatic rings. The zero-order valence-corrected chi connectivity index (χ0v) is 23.4. The second-order valence-corrected chi connectivity index (χ2v) is 10.9. The highest BCUT2D eigenvalue weighted by atomic mass is 19.1. The summed E-state index contributed by atoms with van der Waals surface area (Å²) < 4.78 is 15.5. The van der Waals surface area contributed by atoms with Gasteiger partial charge in [-0.25, -0.2) is 4.39 Å². The predicted octanol–water partition coefficient (Wildman–Crippen LogP) is 6.98. The van der Waals surface area contributed by atoms with Gasteiger partial charge in [-0.1, -0.05) is 68.9 Å². The lowest BCUT2D eigenvalue weighted by Gasteiger charge is -2.36. The van der Waals surface area contributed by atoms with E-state index in [0.717, 1.165) is 61.8 Å². The summed E-state index contributed by atoms with van der Waals surface area (Å²) in [6, 6.07) is 18.4. The number of carbonyl (C=O) groups is 2. The fourth-order valence-corrected chi connectivity index (χ4v) is 5.46. The first kappa shape index (κ1) is 28.6. The van der Waals surface area contributed by atoms with Gasteiger partial charge in [0.15, 0.2) is 0 Å². The number of hydrogen-bond donors (Lipinski definition) is 0. The molecule has 6 heteroatoms. The van der Waals surface area contributed by atoms with Crippen LogP contribution in [0.2, 0.25) is 0 Å². The first-order chi connectivity index (χ1) is 18.9. The van der Waals surface area contributed by atoms with Crippen LogP contribution in [0.4, 0.5) is 4.39 Å². The Morgan fingerprint density at radius 1 is 0.949 bits per heavy atom. The summed E-state index contributed by atoms with van der Waals surface area (Å²) in [5.74, 6) is -0.319. The van der Waals surface area contributed by atoms with Crippen molar-refractivity contribution in [3.05, 3.63) is 95.1 Å². The summed E-state index contributed by atoms with van der Waals surface area (Å²) in [6.07, 6.45) is 10.4. The maximum atomic E-state index is 14.0. The molecular weight excluding hydrogens is 489 g/mol. The number of amides is 2. The van der Waals surface area contributed by atoms with E-state index >= 15 is 0 Å². The molecule has 1 saturated carbocycles. The van der Waals surface area contributed by atoms with Gasteiger partial charge in [-0.2, -0.15) is 0 Å². The van der Waals surface area contributed by atoms with E-state index in [4.69, 9.17) is 0 Å². The lowest BCUT2D eigenvalue weighted by molar-refractivity contribution is -0.135. The normalized spacial score (nSPS) is 13.8. The van der Waals surface area contributed by atoms with Crippen LogP contribution in [-0.4, -0.2) is 45.3 Å². The Hall–Kier alpha value is -3.41. The molecule has 0 atom stereocenters. The van der Waals surface area contributed by atoms with Gasteiger partial charge in [-0.05, 0) is 68.1 Å². The molecule has 2 aromatic carbocycles. The van der Waals surface area contributed by atoms with Crippen molar-refractivity contribution in [3.8, 4) is 0 Å². The molecule has 1 aromatic heterocycles. The average Bonchev–Trinajstić information content (AvgIpc) is 3.39. The molecule has 0 N–H and O–H groups in total. The number of aryl methyl sites for hydroxylation is 1. The Morgan fingerprint density at radius 2 is 1.67 bits per heavy atom. The van der Waals surface area contributed by atoms with E-state index in [2.05, 4.69) is 17.6 Å². The number of unbranched alkanes of at least 4 members (excludes halogenated alkanes) is 2. The van der Waals surface area contributed by atoms with Gasteiger partial charge in [-0.3, -0.25) is 9.59 Å². The molecule has 0 spiro atoms. The van der Waals surface area contributed by atoms with Gasteiger partial charge >= 0.3 is 0 Å². The topological polar surface area (TPSA) is 45.6 Å². The van der Waals surface area contributed by atoms with Gasteiger partial charge in [0.2, 0.25) is 5.91 Å². The highest BCUT2D eigenvalue weighted by Crippen LogP contribution is 2.25. The largest absolute Gasteiger partial charge is 0.345 e. The van der Waals surface area contributed by atoms with E-state index in [-0.39, 0.29) is 30.2 Å². The van der Waals surface area contributed by atoms with Crippen LogP contribution in [0.5, 0.6) is 0 Å². The first-order valence-corrected chi connectivity index (χ1v) is 14.5. The van der Waals surface area contributed by atoms with E-state index in [1.54, 1.807) is 17.0 Å². The summed E-state index contributed by atoms with van der Waals surface area (Å²) in [5.41, 5.74) is 3.78. The summed E-state index contributed by atoms with van der Waals surface area (Å²) in [5, 5.41) is 0. The molecule has 1 heterocycles. The van der Waals surface area contributed by atoms with Crippen molar-refractivity contribution in [1.82, 2.24) is 14.4 Å². The SMILES string of the molecule is CCCCCN(CC(=O)N(Cc1cccn1Cc1ccc(F)cc1)C1CCCCC1)C(=O)c1ccc(C)cc1. The summed E-state index contributed by atoms with van der Waals surface area (Å²) in [7, 11) is 0. The minimum absolute atomic E-state index is 0.00777. The van der Waals surface area contributed by atoms with Crippen molar-refractivity contribution in [2.24, 2.45) is 0 Å². The van der Waals surface area contributed by atoms with Crippen LogP contribution in [0.3, 0.4) is 0 Å². The monoisotopic (exact) mass is 531 g/mol. The number of rotatable bonds is 12. The number of benzene rings is 2. The molecule has 5 nitrogen and oxygen atoms in total. The third-order valence-electron chi connectivity index (χ3n) is 7.80.